The molecule has 1 atom stereocenters. The fourth-order valence-corrected chi connectivity index (χ4v) is 2.15. The van der Waals surface area contributed by atoms with E-state index in [1.165, 1.54) is 0 Å². The Morgan fingerprint density at radius 3 is 2.82 bits per heavy atom. The number of hydrogen-bond donors (Lipinski definition) is 1. The quantitative estimate of drug-likeness (QED) is 0.815. The summed E-state index contributed by atoms with van der Waals surface area (Å²) < 4.78 is 7.50. The van der Waals surface area contributed by atoms with Crippen LogP contribution in [0.2, 0.25) is 0 Å². The van der Waals surface area contributed by atoms with Gasteiger partial charge in [-0.05, 0) is 31.2 Å². The Hall–Kier alpha value is -2.23. The van der Waals surface area contributed by atoms with Gasteiger partial charge in [0.25, 0.3) is 0 Å². The predicted molar refractivity (Wildman–Crippen MR) is 61.4 cm³/mol. The van der Waals surface area contributed by atoms with Crippen molar-refractivity contribution in [2.24, 2.45) is 0 Å². The second-order valence-corrected chi connectivity index (χ2v) is 4.17. The molecule has 17 heavy (non-hydrogen) atoms. The van der Waals surface area contributed by atoms with Crippen LogP contribution in [0.15, 0.2) is 42.6 Å². The molecule has 0 saturated heterocycles. The van der Waals surface area contributed by atoms with E-state index in [9.17, 15) is 9.90 Å². The number of carbonyl (C=O) groups is 1. The van der Waals surface area contributed by atoms with Gasteiger partial charge >= 0.3 is 5.97 Å². The standard InChI is InChI=1S/C13H11NO3/c1-13(12(15)16)11-7-4-8-14(11)9-5-2-3-6-10(9)17-13/h2-8H,1H3,(H,15,16). The van der Waals surface area contributed by atoms with E-state index in [1.807, 2.05) is 35.0 Å². The molecule has 1 aliphatic rings. The molecular formula is C13H11NO3. The SMILES string of the molecule is CC1(C(=O)O)Oc2ccccc2-n2cccc21. The van der Waals surface area contributed by atoms with Crippen molar-refractivity contribution in [1.29, 1.82) is 0 Å². The van der Waals surface area contributed by atoms with Gasteiger partial charge in [-0.15, -0.1) is 0 Å². The van der Waals surface area contributed by atoms with Crippen LogP contribution in [0.5, 0.6) is 5.75 Å². The molecule has 4 nitrogen and oxygen atoms in total. The van der Waals surface area contributed by atoms with Crippen LogP contribution in [0, 0.1) is 0 Å². The molecule has 86 valence electrons. The van der Waals surface area contributed by atoms with Crippen LogP contribution < -0.4 is 4.74 Å². The number of benzene rings is 1. The fourth-order valence-electron chi connectivity index (χ4n) is 2.15. The molecule has 1 aromatic carbocycles. The summed E-state index contributed by atoms with van der Waals surface area (Å²) in [4.78, 5) is 11.4. The smallest absolute Gasteiger partial charge is 0.354 e. The van der Waals surface area contributed by atoms with Crippen molar-refractivity contribution in [3.63, 3.8) is 0 Å². The van der Waals surface area contributed by atoms with Gasteiger partial charge in [-0.1, -0.05) is 12.1 Å². The van der Waals surface area contributed by atoms with E-state index in [-0.39, 0.29) is 0 Å². The molecule has 1 aliphatic heterocycles. The second kappa shape index (κ2) is 3.13. The summed E-state index contributed by atoms with van der Waals surface area (Å²) >= 11 is 0. The summed E-state index contributed by atoms with van der Waals surface area (Å²) in [5.41, 5.74) is 0.160. The number of aromatic nitrogens is 1. The Labute approximate surface area is 98.1 Å². The Kier molecular flexibility index (Phi) is 1.84. The van der Waals surface area contributed by atoms with Crippen molar-refractivity contribution in [1.82, 2.24) is 4.57 Å². The lowest BCUT2D eigenvalue weighted by Gasteiger charge is -2.33. The number of fused-ring (bicyclic) bond motifs is 3. The van der Waals surface area contributed by atoms with E-state index >= 15 is 0 Å². The highest BCUT2D eigenvalue weighted by atomic mass is 16.5. The summed E-state index contributed by atoms with van der Waals surface area (Å²) in [5.74, 6) is -0.409. The van der Waals surface area contributed by atoms with Crippen LogP contribution in [0.4, 0.5) is 0 Å². The third kappa shape index (κ3) is 1.21. The van der Waals surface area contributed by atoms with Crippen LogP contribution in [0.1, 0.15) is 12.6 Å². The van der Waals surface area contributed by atoms with Gasteiger partial charge in [0.1, 0.15) is 5.75 Å². The lowest BCUT2D eigenvalue weighted by molar-refractivity contribution is -0.155. The molecule has 0 amide bonds. The van der Waals surface area contributed by atoms with Crippen LogP contribution in [-0.2, 0) is 10.4 Å². The van der Waals surface area contributed by atoms with Crippen LogP contribution in [-0.4, -0.2) is 15.6 Å². The highest BCUT2D eigenvalue weighted by molar-refractivity contribution is 5.80. The summed E-state index contributed by atoms with van der Waals surface area (Å²) in [7, 11) is 0. The topological polar surface area (TPSA) is 51.5 Å². The molecule has 4 heteroatoms. The minimum Gasteiger partial charge on any atom is -0.478 e. The van der Waals surface area contributed by atoms with Crippen LogP contribution in [0.25, 0.3) is 5.69 Å². The van der Waals surface area contributed by atoms with E-state index in [2.05, 4.69) is 0 Å². The van der Waals surface area contributed by atoms with Crippen LogP contribution in [0.3, 0.4) is 0 Å². The van der Waals surface area contributed by atoms with Crippen molar-refractivity contribution in [2.45, 2.75) is 12.5 Å². The summed E-state index contributed by atoms with van der Waals surface area (Å²) in [6, 6.07) is 11.0. The molecule has 0 fully saturated rings. The zero-order valence-corrected chi connectivity index (χ0v) is 9.25. The minimum absolute atomic E-state index is 0.584. The van der Waals surface area contributed by atoms with Gasteiger partial charge in [0.15, 0.2) is 0 Å². The Morgan fingerprint density at radius 1 is 1.29 bits per heavy atom. The van der Waals surface area contributed by atoms with Gasteiger partial charge in [0, 0.05) is 6.20 Å². The molecule has 0 radical (unpaired) electrons. The van der Waals surface area contributed by atoms with Crippen molar-refractivity contribution >= 4 is 5.97 Å². The molecule has 3 rings (SSSR count). The monoisotopic (exact) mass is 229 g/mol. The fraction of sp³-hybridized carbons (Fsp3) is 0.154. The van der Waals surface area contributed by atoms with E-state index < -0.39 is 11.6 Å². The third-order valence-electron chi connectivity index (χ3n) is 3.08. The summed E-state index contributed by atoms with van der Waals surface area (Å²) in [6.07, 6.45) is 1.85. The lowest BCUT2D eigenvalue weighted by Crippen LogP contribution is -2.42. The van der Waals surface area contributed by atoms with Crippen LogP contribution >= 0.6 is 0 Å². The maximum atomic E-state index is 11.4. The average molecular weight is 229 g/mol. The number of ether oxygens (including phenoxy) is 1. The first kappa shape index (κ1) is 9.96. The first-order chi connectivity index (χ1) is 8.13. The number of carboxylic acid groups (broad SMARTS) is 1. The molecule has 1 unspecified atom stereocenters. The molecule has 0 saturated carbocycles. The Bertz CT molecular complexity index is 602. The molecule has 1 aromatic heterocycles. The number of rotatable bonds is 1. The van der Waals surface area contributed by atoms with Gasteiger partial charge in [0.05, 0.1) is 11.4 Å². The zero-order chi connectivity index (χ0) is 12.0. The van der Waals surface area contributed by atoms with E-state index in [1.54, 1.807) is 19.1 Å². The summed E-state index contributed by atoms with van der Waals surface area (Å²) in [6.45, 7) is 1.57. The normalized spacial score (nSPS) is 21.2. The molecule has 1 N–H and O–H groups in total. The largest absolute Gasteiger partial charge is 0.478 e. The van der Waals surface area contributed by atoms with Gasteiger partial charge in [-0.25, -0.2) is 4.79 Å². The average Bonchev–Trinajstić information content (AvgIpc) is 2.79. The van der Waals surface area contributed by atoms with E-state index in [0.29, 0.717) is 11.4 Å². The Morgan fingerprint density at radius 2 is 2.06 bits per heavy atom. The molecule has 0 bridgehead atoms. The Balaban J connectivity index is 2.30. The molecular weight excluding hydrogens is 218 g/mol. The minimum atomic E-state index is -1.34. The molecule has 0 spiro atoms. The highest BCUT2D eigenvalue weighted by Crippen LogP contribution is 2.39. The highest BCUT2D eigenvalue weighted by Gasteiger charge is 2.43. The third-order valence-corrected chi connectivity index (χ3v) is 3.08. The van der Waals surface area contributed by atoms with Crippen molar-refractivity contribution < 1.29 is 14.6 Å². The first-order valence-corrected chi connectivity index (χ1v) is 5.32. The number of aliphatic carboxylic acids is 1. The molecule has 2 heterocycles. The van der Waals surface area contributed by atoms with Gasteiger partial charge in [-0.2, -0.15) is 0 Å². The number of hydrogen-bond acceptors (Lipinski definition) is 2. The van der Waals surface area contributed by atoms with Gasteiger partial charge < -0.3 is 14.4 Å². The number of nitrogens with zero attached hydrogens (tertiary/aromatic N) is 1. The molecule has 0 aliphatic carbocycles. The lowest BCUT2D eigenvalue weighted by atomic mass is 10.00. The maximum absolute atomic E-state index is 11.4. The first-order valence-electron chi connectivity index (χ1n) is 5.32. The zero-order valence-electron chi connectivity index (χ0n) is 9.25. The van der Waals surface area contributed by atoms with Gasteiger partial charge in [0.2, 0.25) is 5.60 Å². The number of para-hydroxylation sites is 2. The van der Waals surface area contributed by atoms with E-state index in [4.69, 9.17) is 4.74 Å². The van der Waals surface area contributed by atoms with Crippen molar-refractivity contribution in [2.75, 3.05) is 0 Å². The summed E-state index contributed by atoms with van der Waals surface area (Å²) in [5, 5.41) is 9.35. The second-order valence-electron chi connectivity index (χ2n) is 4.17. The van der Waals surface area contributed by atoms with Crippen molar-refractivity contribution in [3.8, 4) is 11.4 Å². The van der Waals surface area contributed by atoms with Crippen molar-refractivity contribution in [3.05, 3.63) is 48.3 Å². The number of carboxylic acids is 1. The molecule has 2 aromatic rings. The predicted octanol–water partition coefficient (Wildman–Crippen LogP) is 2.17. The van der Waals surface area contributed by atoms with E-state index in [0.717, 1.165) is 5.69 Å². The maximum Gasteiger partial charge on any atom is 0.354 e. The van der Waals surface area contributed by atoms with Gasteiger partial charge in [-0.3, -0.25) is 0 Å².